The molecule has 1 aromatic heterocycles. The summed E-state index contributed by atoms with van der Waals surface area (Å²) in [4.78, 5) is 2.30. The summed E-state index contributed by atoms with van der Waals surface area (Å²) in [6, 6.07) is 2.97. The monoisotopic (exact) mass is 261 g/mol. The molecule has 19 heavy (non-hydrogen) atoms. The Hall–Kier alpha value is -1.36. The molecule has 5 heteroatoms. The molecule has 0 radical (unpaired) electrons. The predicted octanol–water partition coefficient (Wildman–Crippen LogP) is 1.76. The fraction of sp³-hybridized carbons (Fsp3) is 0.714. The number of aromatic nitrogens is 2. The van der Waals surface area contributed by atoms with Gasteiger partial charge in [0, 0.05) is 31.2 Å². The first-order valence-electron chi connectivity index (χ1n) is 7.41. The minimum Gasteiger partial charge on any atom is -0.369 e. The first kappa shape index (κ1) is 12.7. The minimum absolute atomic E-state index is 0.294. The molecular weight excluding hydrogens is 238 g/mol. The number of hydrogen-bond acceptors (Lipinski definition) is 5. The molecule has 104 valence electrons. The van der Waals surface area contributed by atoms with Crippen molar-refractivity contribution < 1.29 is 0 Å². The van der Waals surface area contributed by atoms with Crippen molar-refractivity contribution in [3.8, 4) is 0 Å². The van der Waals surface area contributed by atoms with Crippen molar-refractivity contribution in [2.45, 2.75) is 50.6 Å². The third kappa shape index (κ3) is 3.15. The fourth-order valence-electron chi connectivity index (χ4n) is 3.08. The van der Waals surface area contributed by atoms with Crippen LogP contribution >= 0.6 is 0 Å². The average molecular weight is 261 g/mol. The van der Waals surface area contributed by atoms with Crippen LogP contribution in [0.25, 0.3) is 0 Å². The number of hydrogen-bond donors (Lipinski definition) is 2. The van der Waals surface area contributed by atoms with Gasteiger partial charge < -0.3 is 16.0 Å². The maximum absolute atomic E-state index is 5.96. The molecule has 0 bridgehead atoms. The Morgan fingerprint density at radius 3 is 2.79 bits per heavy atom. The maximum Gasteiger partial charge on any atom is 0.150 e. The summed E-state index contributed by atoms with van der Waals surface area (Å²) in [5, 5.41) is 11.9. The first-order valence-corrected chi connectivity index (χ1v) is 7.41. The quantitative estimate of drug-likeness (QED) is 0.868. The number of nitrogens with zero attached hydrogens (tertiary/aromatic N) is 3. The van der Waals surface area contributed by atoms with Gasteiger partial charge in [0.25, 0.3) is 0 Å². The molecule has 1 unspecified atom stereocenters. The third-order valence-corrected chi connectivity index (χ3v) is 4.19. The van der Waals surface area contributed by atoms with E-state index < -0.39 is 0 Å². The van der Waals surface area contributed by atoms with Gasteiger partial charge in [-0.1, -0.05) is 19.3 Å². The van der Waals surface area contributed by atoms with Crippen molar-refractivity contribution >= 4 is 11.5 Å². The van der Waals surface area contributed by atoms with Crippen molar-refractivity contribution in [1.29, 1.82) is 0 Å². The molecule has 3 rings (SSSR count). The Balaban J connectivity index is 1.65. The van der Waals surface area contributed by atoms with E-state index in [1.165, 1.54) is 32.1 Å². The van der Waals surface area contributed by atoms with Crippen LogP contribution in [0, 0.1) is 0 Å². The van der Waals surface area contributed by atoms with Crippen molar-refractivity contribution in [2.75, 3.05) is 23.3 Å². The second-order valence-electron chi connectivity index (χ2n) is 5.77. The molecule has 1 aromatic rings. The van der Waals surface area contributed by atoms with Gasteiger partial charge in [0.2, 0.25) is 0 Å². The zero-order valence-electron chi connectivity index (χ0n) is 11.4. The highest BCUT2D eigenvalue weighted by Crippen LogP contribution is 2.24. The van der Waals surface area contributed by atoms with Crippen LogP contribution in [-0.4, -0.2) is 35.4 Å². The van der Waals surface area contributed by atoms with E-state index in [-0.39, 0.29) is 0 Å². The maximum atomic E-state index is 5.96. The summed E-state index contributed by atoms with van der Waals surface area (Å²) >= 11 is 0. The molecule has 1 saturated heterocycles. The Morgan fingerprint density at radius 1 is 1.21 bits per heavy atom. The van der Waals surface area contributed by atoms with Crippen molar-refractivity contribution in [3.63, 3.8) is 0 Å². The van der Waals surface area contributed by atoms with Crippen LogP contribution in [0.15, 0.2) is 12.3 Å². The highest BCUT2D eigenvalue weighted by Gasteiger charge is 2.20. The number of nitrogens with two attached hydrogens (primary N) is 1. The molecule has 1 aliphatic heterocycles. The summed E-state index contributed by atoms with van der Waals surface area (Å²) in [6.07, 6.45) is 9.42. The van der Waals surface area contributed by atoms with E-state index in [4.69, 9.17) is 5.73 Å². The smallest absolute Gasteiger partial charge is 0.150 e. The Kier molecular flexibility index (Phi) is 3.82. The van der Waals surface area contributed by atoms with E-state index in [0.29, 0.717) is 12.1 Å². The molecule has 0 aromatic carbocycles. The summed E-state index contributed by atoms with van der Waals surface area (Å²) in [5.74, 6) is 0.907. The molecule has 2 fully saturated rings. The molecule has 1 atom stereocenters. The third-order valence-electron chi connectivity index (χ3n) is 4.19. The van der Waals surface area contributed by atoms with Gasteiger partial charge in [-0.3, -0.25) is 0 Å². The average Bonchev–Trinajstić information content (AvgIpc) is 2.87. The lowest BCUT2D eigenvalue weighted by molar-refractivity contribution is 0.461. The molecule has 2 heterocycles. The Labute approximate surface area is 114 Å². The van der Waals surface area contributed by atoms with E-state index in [1.54, 1.807) is 0 Å². The standard InChI is InChI=1S/C14H23N5/c15-11-6-7-19(10-11)13-8-14(18-16-9-13)17-12-4-2-1-3-5-12/h8-9,11-12H,1-7,10,15H2,(H,17,18). The predicted molar refractivity (Wildman–Crippen MR) is 77.3 cm³/mol. The molecule has 2 aliphatic rings. The molecular formula is C14H23N5. The Bertz CT molecular complexity index is 416. The Morgan fingerprint density at radius 2 is 2.05 bits per heavy atom. The zero-order valence-corrected chi connectivity index (χ0v) is 11.4. The lowest BCUT2D eigenvalue weighted by Gasteiger charge is -2.24. The van der Waals surface area contributed by atoms with Gasteiger partial charge in [0.1, 0.15) is 0 Å². The summed E-state index contributed by atoms with van der Waals surface area (Å²) in [5.41, 5.74) is 7.10. The zero-order chi connectivity index (χ0) is 13.1. The molecule has 0 spiro atoms. The van der Waals surface area contributed by atoms with Gasteiger partial charge in [-0.15, -0.1) is 5.10 Å². The highest BCUT2D eigenvalue weighted by atomic mass is 15.2. The summed E-state index contributed by atoms with van der Waals surface area (Å²) in [6.45, 7) is 1.95. The molecule has 1 aliphatic carbocycles. The van der Waals surface area contributed by atoms with Crippen molar-refractivity contribution in [1.82, 2.24) is 10.2 Å². The molecule has 3 N–H and O–H groups in total. The largest absolute Gasteiger partial charge is 0.369 e. The van der Waals surface area contributed by atoms with Gasteiger partial charge in [0.05, 0.1) is 11.9 Å². The van der Waals surface area contributed by atoms with Crippen molar-refractivity contribution in [3.05, 3.63) is 12.3 Å². The number of nitrogens with one attached hydrogen (secondary N) is 1. The first-order chi connectivity index (χ1) is 9.31. The van der Waals surface area contributed by atoms with Gasteiger partial charge in [-0.25, -0.2) is 0 Å². The van der Waals surface area contributed by atoms with Crippen LogP contribution < -0.4 is 16.0 Å². The lowest BCUT2D eigenvalue weighted by Crippen LogP contribution is -2.27. The second-order valence-corrected chi connectivity index (χ2v) is 5.77. The van der Waals surface area contributed by atoms with E-state index >= 15 is 0 Å². The van der Waals surface area contributed by atoms with E-state index in [9.17, 15) is 0 Å². The minimum atomic E-state index is 0.294. The SMILES string of the molecule is NC1CCN(c2cnnc(NC3CCCCC3)c2)C1. The van der Waals surface area contributed by atoms with Crippen molar-refractivity contribution in [2.24, 2.45) is 5.73 Å². The molecule has 1 saturated carbocycles. The summed E-state index contributed by atoms with van der Waals surface area (Å²) < 4.78 is 0. The van der Waals surface area contributed by atoms with Crippen LogP contribution in [0.3, 0.4) is 0 Å². The lowest BCUT2D eigenvalue weighted by atomic mass is 9.95. The van der Waals surface area contributed by atoms with E-state index in [1.807, 2.05) is 6.20 Å². The van der Waals surface area contributed by atoms with Crippen LogP contribution in [-0.2, 0) is 0 Å². The van der Waals surface area contributed by atoms with Crippen LogP contribution in [0.2, 0.25) is 0 Å². The van der Waals surface area contributed by atoms with Crippen LogP contribution in [0.4, 0.5) is 11.5 Å². The van der Waals surface area contributed by atoms with Gasteiger partial charge in [-0.2, -0.15) is 5.10 Å². The fourth-order valence-corrected chi connectivity index (χ4v) is 3.08. The van der Waals surface area contributed by atoms with E-state index in [0.717, 1.165) is 31.0 Å². The van der Waals surface area contributed by atoms with Crippen LogP contribution in [0.1, 0.15) is 38.5 Å². The van der Waals surface area contributed by atoms with Gasteiger partial charge in [-0.05, 0) is 19.3 Å². The second kappa shape index (κ2) is 5.74. The van der Waals surface area contributed by atoms with Gasteiger partial charge >= 0.3 is 0 Å². The van der Waals surface area contributed by atoms with Crippen LogP contribution in [0.5, 0.6) is 0 Å². The van der Waals surface area contributed by atoms with Gasteiger partial charge in [0.15, 0.2) is 5.82 Å². The highest BCUT2D eigenvalue weighted by molar-refractivity contribution is 5.53. The molecule has 0 amide bonds. The van der Waals surface area contributed by atoms with E-state index in [2.05, 4.69) is 26.5 Å². The molecule has 5 nitrogen and oxygen atoms in total. The summed E-state index contributed by atoms with van der Waals surface area (Å²) in [7, 11) is 0. The number of anilines is 2. The number of rotatable bonds is 3. The topological polar surface area (TPSA) is 67.1 Å². The normalized spacial score (nSPS) is 24.7.